The highest BCUT2D eigenvalue weighted by atomic mass is 19.4. The van der Waals surface area contributed by atoms with Gasteiger partial charge in [0.05, 0.1) is 11.1 Å². The second-order valence-corrected chi connectivity index (χ2v) is 3.44. The van der Waals surface area contributed by atoms with Crippen LogP contribution in [0, 0.1) is 5.82 Å². The summed E-state index contributed by atoms with van der Waals surface area (Å²) in [5, 5.41) is 0. The first kappa shape index (κ1) is 13.8. The quantitative estimate of drug-likeness (QED) is 0.826. The molecule has 0 amide bonds. The van der Waals surface area contributed by atoms with Gasteiger partial charge in [-0.2, -0.15) is 13.2 Å². The third-order valence-electron chi connectivity index (χ3n) is 2.15. The normalized spacial score (nSPS) is 12.9. The molecule has 2 N–H and O–H groups in total. The molecule has 0 aliphatic carbocycles. The lowest BCUT2D eigenvalue weighted by Gasteiger charge is -2.18. The number of hydrogen-bond donors (Lipinski definition) is 1. The minimum atomic E-state index is -4.79. The zero-order valence-corrected chi connectivity index (χ0v) is 8.49. The zero-order chi connectivity index (χ0) is 13.3. The molecule has 0 aliphatic heterocycles. The molecule has 1 rings (SSSR count). The summed E-state index contributed by atoms with van der Waals surface area (Å²) in [5.41, 5.74) is 2.31. The Morgan fingerprint density at radius 3 is 2.12 bits per heavy atom. The molecule has 17 heavy (non-hydrogen) atoms. The molecule has 0 spiro atoms. The average molecular weight is 257 g/mol. The van der Waals surface area contributed by atoms with E-state index in [0.29, 0.717) is 12.1 Å². The molecule has 7 heteroatoms. The number of halogens is 6. The first-order valence-electron chi connectivity index (χ1n) is 4.63. The van der Waals surface area contributed by atoms with Gasteiger partial charge >= 0.3 is 6.18 Å². The largest absolute Gasteiger partial charge is 0.416 e. The standard InChI is InChI=1S/C10H9F6N/c11-8-2-1-6(10(14,15)16)5-7(8)9(12,13)3-4-17/h1-2,5H,3-4,17H2. The van der Waals surface area contributed by atoms with Crippen molar-refractivity contribution in [2.24, 2.45) is 5.73 Å². The van der Waals surface area contributed by atoms with E-state index in [2.05, 4.69) is 0 Å². The van der Waals surface area contributed by atoms with Crippen molar-refractivity contribution in [3.05, 3.63) is 35.1 Å². The number of hydrogen-bond acceptors (Lipinski definition) is 1. The van der Waals surface area contributed by atoms with Crippen LogP contribution < -0.4 is 5.73 Å². The molecule has 0 bridgehead atoms. The number of alkyl halides is 5. The molecule has 0 heterocycles. The minimum absolute atomic E-state index is 0.116. The third kappa shape index (κ3) is 3.12. The monoisotopic (exact) mass is 257 g/mol. The molecule has 1 aromatic carbocycles. The first-order valence-corrected chi connectivity index (χ1v) is 4.63. The molecule has 0 atom stereocenters. The van der Waals surface area contributed by atoms with Gasteiger partial charge in [-0.3, -0.25) is 0 Å². The smallest absolute Gasteiger partial charge is 0.330 e. The van der Waals surface area contributed by atoms with Gasteiger partial charge < -0.3 is 5.73 Å². The van der Waals surface area contributed by atoms with Gasteiger partial charge in [-0.25, -0.2) is 13.2 Å². The van der Waals surface area contributed by atoms with Crippen molar-refractivity contribution < 1.29 is 26.3 Å². The molecule has 1 aromatic rings. The maximum absolute atomic E-state index is 13.3. The van der Waals surface area contributed by atoms with Crippen LogP contribution in [-0.2, 0) is 12.1 Å². The van der Waals surface area contributed by atoms with E-state index >= 15 is 0 Å². The van der Waals surface area contributed by atoms with Crippen molar-refractivity contribution in [1.82, 2.24) is 0 Å². The van der Waals surface area contributed by atoms with Crippen LogP contribution in [0.5, 0.6) is 0 Å². The van der Waals surface area contributed by atoms with E-state index in [1.807, 2.05) is 0 Å². The van der Waals surface area contributed by atoms with Crippen LogP contribution in [0.3, 0.4) is 0 Å². The lowest BCUT2D eigenvalue weighted by molar-refractivity contribution is -0.137. The molecule has 0 saturated carbocycles. The summed E-state index contributed by atoms with van der Waals surface area (Å²) in [6.07, 6.45) is -5.70. The predicted octanol–water partition coefficient (Wildman–Crippen LogP) is 3.29. The number of nitrogens with two attached hydrogens (primary N) is 1. The highest BCUT2D eigenvalue weighted by Gasteiger charge is 2.37. The summed E-state index contributed by atoms with van der Waals surface area (Å²) in [5.74, 6) is -5.09. The van der Waals surface area contributed by atoms with Gasteiger partial charge in [-0.15, -0.1) is 0 Å². The molecular weight excluding hydrogens is 248 g/mol. The fourth-order valence-electron chi connectivity index (χ4n) is 1.30. The second kappa shape index (κ2) is 4.56. The third-order valence-corrected chi connectivity index (χ3v) is 2.15. The van der Waals surface area contributed by atoms with E-state index in [0.717, 1.165) is 0 Å². The molecule has 96 valence electrons. The fourth-order valence-corrected chi connectivity index (χ4v) is 1.30. The molecule has 0 fully saturated rings. The summed E-state index contributed by atoms with van der Waals surface area (Å²) in [7, 11) is 0. The Bertz CT molecular complexity index is 398. The first-order chi connectivity index (χ1) is 7.68. The van der Waals surface area contributed by atoms with Crippen molar-refractivity contribution >= 4 is 0 Å². The van der Waals surface area contributed by atoms with E-state index in [1.165, 1.54) is 0 Å². The predicted molar refractivity (Wildman–Crippen MR) is 49.0 cm³/mol. The van der Waals surface area contributed by atoms with Crippen molar-refractivity contribution in [3.63, 3.8) is 0 Å². The summed E-state index contributed by atoms with van der Waals surface area (Å²) < 4.78 is 76.5. The summed E-state index contributed by atoms with van der Waals surface area (Å²) in [6, 6.07) is 0.908. The molecule has 1 nitrogen and oxygen atoms in total. The SMILES string of the molecule is NCCC(F)(F)c1cc(C(F)(F)F)ccc1F. The number of benzene rings is 1. The van der Waals surface area contributed by atoms with E-state index < -0.39 is 42.0 Å². The van der Waals surface area contributed by atoms with Crippen molar-refractivity contribution in [2.45, 2.75) is 18.5 Å². The topological polar surface area (TPSA) is 26.0 Å². The van der Waals surface area contributed by atoms with E-state index in [1.54, 1.807) is 0 Å². The van der Waals surface area contributed by atoms with Crippen LogP contribution >= 0.6 is 0 Å². The van der Waals surface area contributed by atoms with Crippen LogP contribution in [0.4, 0.5) is 26.3 Å². The Morgan fingerprint density at radius 1 is 1.06 bits per heavy atom. The summed E-state index contributed by atoms with van der Waals surface area (Å²) in [4.78, 5) is 0. The second-order valence-electron chi connectivity index (χ2n) is 3.44. The Labute approximate surface area is 93.2 Å². The van der Waals surface area contributed by atoms with Crippen LogP contribution in [0.25, 0.3) is 0 Å². The van der Waals surface area contributed by atoms with E-state index in [9.17, 15) is 26.3 Å². The van der Waals surface area contributed by atoms with Crippen molar-refractivity contribution in [1.29, 1.82) is 0 Å². The number of rotatable bonds is 3. The van der Waals surface area contributed by atoms with Gasteiger partial charge in [-0.05, 0) is 24.7 Å². The van der Waals surface area contributed by atoms with E-state index in [4.69, 9.17) is 5.73 Å². The Kier molecular flexibility index (Phi) is 3.71. The Morgan fingerprint density at radius 2 is 1.65 bits per heavy atom. The van der Waals surface area contributed by atoms with Crippen molar-refractivity contribution in [3.8, 4) is 0 Å². The lowest BCUT2D eigenvalue weighted by Crippen LogP contribution is -2.21. The van der Waals surface area contributed by atoms with Gasteiger partial charge in [0, 0.05) is 6.42 Å². The van der Waals surface area contributed by atoms with Crippen LogP contribution in [0.15, 0.2) is 18.2 Å². The lowest BCUT2D eigenvalue weighted by atomic mass is 10.0. The van der Waals surface area contributed by atoms with Gasteiger partial charge in [0.15, 0.2) is 0 Å². The van der Waals surface area contributed by atoms with Gasteiger partial charge in [0.1, 0.15) is 5.82 Å². The summed E-state index contributed by atoms with van der Waals surface area (Å²) in [6.45, 7) is -0.456. The van der Waals surface area contributed by atoms with Gasteiger partial charge in [0.25, 0.3) is 5.92 Å². The Hall–Kier alpha value is -1.24. The average Bonchev–Trinajstić information content (AvgIpc) is 2.15. The molecule has 0 saturated heterocycles. The molecular formula is C10H9F6N. The fraction of sp³-hybridized carbons (Fsp3) is 0.400. The zero-order valence-electron chi connectivity index (χ0n) is 8.49. The molecule has 0 aliphatic rings. The highest BCUT2D eigenvalue weighted by molar-refractivity contribution is 5.30. The van der Waals surface area contributed by atoms with Gasteiger partial charge in [0.2, 0.25) is 0 Å². The highest BCUT2D eigenvalue weighted by Crippen LogP contribution is 2.37. The molecule has 0 radical (unpaired) electrons. The van der Waals surface area contributed by atoms with Crippen LogP contribution in [-0.4, -0.2) is 6.54 Å². The summed E-state index contributed by atoms with van der Waals surface area (Å²) >= 11 is 0. The molecule has 0 unspecified atom stereocenters. The minimum Gasteiger partial charge on any atom is -0.330 e. The Balaban J connectivity index is 3.24. The van der Waals surface area contributed by atoms with Crippen LogP contribution in [0.2, 0.25) is 0 Å². The maximum Gasteiger partial charge on any atom is 0.416 e. The van der Waals surface area contributed by atoms with E-state index in [-0.39, 0.29) is 6.07 Å². The van der Waals surface area contributed by atoms with Crippen molar-refractivity contribution in [2.75, 3.05) is 6.54 Å². The maximum atomic E-state index is 13.3. The van der Waals surface area contributed by atoms with Gasteiger partial charge in [-0.1, -0.05) is 0 Å². The molecule has 0 aromatic heterocycles. The van der Waals surface area contributed by atoms with Crippen LogP contribution in [0.1, 0.15) is 17.5 Å².